The van der Waals surface area contributed by atoms with E-state index >= 15 is 0 Å². The predicted molar refractivity (Wildman–Crippen MR) is 156 cm³/mol. The molecule has 0 bridgehead atoms. The van der Waals surface area contributed by atoms with E-state index in [0.29, 0.717) is 18.4 Å². The number of methoxy groups -OCH3 is 1. The number of ether oxygens (including phenoxy) is 3. The number of carboxylic acids is 1. The van der Waals surface area contributed by atoms with Gasteiger partial charge in [-0.15, -0.1) is 0 Å². The van der Waals surface area contributed by atoms with Gasteiger partial charge in [-0.1, -0.05) is 36.4 Å². The average molecular weight is 619 g/mol. The van der Waals surface area contributed by atoms with Crippen LogP contribution >= 0.6 is 0 Å². The maximum Gasteiger partial charge on any atom is 0.335 e. The van der Waals surface area contributed by atoms with E-state index in [1.165, 1.54) is 11.0 Å². The number of hydrogen-bond acceptors (Lipinski definition) is 11. The van der Waals surface area contributed by atoms with Crippen LogP contribution in [0.3, 0.4) is 0 Å². The highest BCUT2D eigenvalue weighted by molar-refractivity contribution is 6.11. The van der Waals surface area contributed by atoms with Crippen molar-refractivity contribution in [2.75, 3.05) is 20.3 Å². The van der Waals surface area contributed by atoms with E-state index in [1.54, 1.807) is 37.3 Å². The van der Waals surface area contributed by atoms with Crippen LogP contribution in [0.15, 0.2) is 42.0 Å². The number of esters is 3. The summed E-state index contributed by atoms with van der Waals surface area (Å²) in [6.45, 7) is 1.16. The zero-order valence-electron chi connectivity index (χ0n) is 25.1. The fourth-order valence-corrected chi connectivity index (χ4v) is 4.86. The maximum absolute atomic E-state index is 13.4. The van der Waals surface area contributed by atoms with Crippen molar-refractivity contribution in [3.8, 4) is 0 Å². The zero-order valence-corrected chi connectivity index (χ0v) is 25.1. The number of amides is 2. The molecule has 242 valence electrons. The van der Waals surface area contributed by atoms with Gasteiger partial charge in [0, 0.05) is 25.4 Å². The van der Waals surface area contributed by atoms with Gasteiger partial charge in [-0.2, -0.15) is 0 Å². The van der Waals surface area contributed by atoms with E-state index in [2.05, 4.69) is 0 Å². The Hall–Kier alpha value is -4.30. The number of benzene rings is 1. The summed E-state index contributed by atoms with van der Waals surface area (Å²) >= 11 is 0. The SMILES string of the molecule is COC(=O)C(CCOC(=O)[C@@H]1CCCN1C(=O)[C@@H](N)CCC(N)=O)(C(=O)O)/C(=C/CCC(C)N)C(=O)OCc1ccccc1. The van der Waals surface area contributed by atoms with Gasteiger partial charge in [0.25, 0.3) is 0 Å². The number of carbonyl (C=O) groups excluding carboxylic acids is 5. The van der Waals surface area contributed by atoms with Crippen LogP contribution in [-0.4, -0.2) is 84.1 Å². The van der Waals surface area contributed by atoms with Crippen molar-refractivity contribution in [3.63, 3.8) is 0 Å². The minimum absolute atomic E-state index is 0.00507. The van der Waals surface area contributed by atoms with Gasteiger partial charge >= 0.3 is 23.9 Å². The first-order valence-electron chi connectivity index (χ1n) is 14.3. The van der Waals surface area contributed by atoms with Crippen molar-refractivity contribution in [1.82, 2.24) is 4.90 Å². The molecule has 0 saturated carbocycles. The van der Waals surface area contributed by atoms with E-state index in [0.717, 1.165) is 7.11 Å². The molecule has 1 aliphatic rings. The second kappa shape index (κ2) is 17.1. The lowest BCUT2D eigenvalue weighted by Gasteiger charge is -2.29. The number of rotatable bonds is 17. The minimum Gasteiger partial charge on any atom is -0.480 e. The molecule has 14 heteroatoms. The number of carboxylic acid groups (broad SMARTS) is 1. The number of primary amides is 1. The topological polar surface area (TPSA) is 232 Å². The molecular formula is C30H42N4O10. The Morgan fingerprint density at radius 3 is 2.36 bits per heavy atom. The lowest BCUT2D eigenvalue weighted by Crippen LogP contribution is -2.49. The maximum atomic E-state index is 13.4. The van der Waals surface area contributed by atoms with Gasteiger partial charge < -0.3 is 41.4 Å². The fourth-order valence-electron chi connectivity index (χ4n) is 4.86. The monoisotopic (exact) mass is 618 g/mol. The molecule has 4 atom stereocenters. The Labute approximate surface area is 255 Å². The quantitative estimate of drug-likeness (QED) is 0.0811. The summed E-state index contributed by atoms with van der Waals surface area (Å²) in [6, 6.07) is 6.32. The molecule has 0 spiro atoms. The van der Waals surface area contributed by atoms with Crippen molar-refractivity contribution in [2.45, 2.75) is 76.6 Å². The number of carbonyl (C=O) groups is 6. The van der Waals surface area contributed by atoms with E-state index in [1.807, 2.05) is 0 Å². The highest BCUT2D eigenvalue weighted by Crippen LogP contribution is 2.36. The normalized spacial score (nSPS) is 17.6. The van der Waals surface area contributed by atoms with Crippen molar-refractivity contribution >= 4 is 35.7 Å². The summed E-state index contributed by atoms with van der Waals surface area (Å²) in [4.78, 5) is 77.5. The Balaban J connectivity index is 2.28. The predicted octanol–water partition coefficient (Wildman–Crippen LogP) is 0.545. The van der Waals surface area contributed by atoms with Crippen LogP contribution in [0.1, 0.15) is 57.4 Å². The molecule has 0 aromatic heterocycles. The van der Waals surface area contributed by atoms with Crippen LogP contribution in [-0.2, 0) is 49.6 Å². The Bertz CT molecular complexity index is 1220. The van der Waals surface area contributed by atoms with Gasteiger partial charge in [0.2, 0.25) is 11.8 Å². The van der Waals surface area contributed by atoms with E-state index in [-0.39, 0.29) is 44.9 Å². The summed E-state index contributed by atoms with van der Waals surface area (Å²) in [5.41, 5.74) is 14.4. The molecule has 1 heterocycles. The second-order valence-electron chi connectivity index (χ2n) is 10.7. The molecule has 7 N–H and O–H groups in total. The lowest BCUT2D eigenvalue weighted by atomic mass is 9.76. The fraction of sp³-hybridized carbons (Fsp3) is 0.533. The molecule has 1 aromatic carbocycles. The zero-order chi connectivity index (χ0) is 32.9. The summed E-state index contributed by atoms with van der Waals surface area (Å²) in [5.74, 6) is -6.04. The van der Waals surface area contributed by atoms with Gasteiger partial charge in [0.05, 0.1) is 25.3 Å². The molecule has 1 fully saturated rings. The third kappa shape index (κ3) is 9.61. The van der Waals surface area contributed by atoms with Crippen LogP contribution in [0, 0.1) is 5.41 Å². The van der Waals surface area contributed by atoms with E-state index in [4.69, 9.17) is 31.4 Å². The van der Waals surface area contributed by atoms with Crippen LogP contribution in [0.25, 0.3) is 0 Å². The first kappa shape index (κ1) is 35.9. The number of nitrogens with two attached hydrogens (primary N) is 3. The van der Waals surface area contributed by atoms with Crippen molar-refractivity contribution in [3.05, 3.63) is 47.5 Å². The minimum atomic E-state index is -2.58. The molecule has 1 aliphatic heterocycles. The molecule has 1 aromatic rings. The molecule has 0 aliphatic carbocycles. The largest absolute Gasteiger partial charge is 0.480 e. The molecule has 44 heavy (non-hydrogen) atoms. The number of aliphatic carboxylic acids is 1. The van der Waals surface area contributed by atoms with Crippen LogP contribution in [0.4, 0.5) is 0 Å². The second-order valence-corrected chi connectivity index (χ2v) is 10.7. The summed E-state index contributed by atoms with van der Waals surface area (Å²) < 4.78 is 15.6. The molecule has 2 rings (SSSR count). The molecule has 0 radical (unpaired) electrons. The lowest BCUT2D eigenvalue weighted by molar-refractivity contribution is -0.170. The third-order valence-electron chi connectivity index (χ3n) is 7.31. The Kier molecular flexibility index (Phi) is 14.0. The van der Waals surface area contributed by atoms with E-state index in [9.17, 15) is 33.9 Å². The Morgan fingerprint density at radius 1 is 1.09 bits per heavy atom. The number of likely N-dealkylation sites (tertiary alicyclic amines) is 1. The van der Waals surface area contributed by atoms with Crippen LogP contribution in [0.5, 0.6) is 0 Å². The Morgan fingerprint density at radius 2 is 1.77 bits per heavy atom. The smallest absolute Gasteiger partial charge is 0.335 e. The van der Waals surface area contributed by atoms with Gasteiger partial charge in [-0.25, -0.2) is 9.59 Å². The summed E-state index contributed by atoms with van der Waals surface area (Å²) in [5, 5.41) is 10.4. The van der Waals surface area contributed by atoms with Crippen LogP contribution in [0.2, 0.25) is 0 Å². The number of nitrogens with zero attached hydrogens (tertiary/aromatic N) is 1. The molecule has 14 nitrogen and oxygen atoms in total. The highest BCUT2D eigenvalue weighted by atomic mass is 16.5. The van der Waals surface area contributed by atoms with Crippen molar-refractivity contribution < 1.29 is 48.1 Å². The number of allylic oxidation sites excluding steroid dienone is 1. The van der Waals surface area contributed by atoms with Gasteiger partial charge in [-0.3, -0.25) is 19.2 Å². The average Bonchev–Trinajstić information content (AvgIpc) is 3.49. The molecule has 2 amide bonds. The molecule has 1 saturated heterocycles. The van der Waals surface area contributed by atoms with Crippen molar-refractivity contribution in [1.29, 1.82) is 0 Å². The number of hydrogen-bond donors (Lipinski definition) is 4. The molecule has 2 unspecified atom stereocenters. The van der Waals surface area contributed by atoms with Gasteiger partial charge in [-0.05, 0) is 44.6 Å². The van der Waals surface area contributed by atoms with Crippen LogP contribution < -0.4 is 17.2 Å². The standard InChI is InChI=1S/C30H42N4O10/c1-19(31)8-6-11-21(26(37)44-18-20-9-4-3-5-10-20)30(28(39)40,29(41)42-2)15-17-43-27(38)23-12-7-16-34(23)25(36)22(32)13-14-24(33)35/h3-5,9-11,19,22-23H,6-8,12-18,31-32H2,1-2H3,(H2,33,35)(H,39,40)/b21-11+/t19?,22-,23-,30?/m0/s1. The first-order chi connectivity index (χ1) is 20.8. The van der Waals surface area contributed by atoms with Gasteiger partial charge in [0.15, 0.2) is 5.41 Å². The van der Waals surface area contributed by atoms with Crippen molar-refractivity contribution in [2.24, 2.45) is 22.6 Å². The summed E-state index contributed by atoms with van der Waals surface area (Å²) in [7, 11) is 0.977. The molecular weight excluding hydrogens is 576 g/mol. The summed E-state index contributed by atoms with van der Waals surface area (Å²) in [6.07, 6.45) is 1.79. The van der Waals surface area contributed by atoms with Gasteiger partial charge in [0.1, 0.15) is 12.6 Å². The first-order valence-corrected chi connectivity index (χ1v) is 14.3. The van der Waals surface area contributed by atoms with E-state index < -0.39 is 71.8 Å². The third-order valence-corrected chi connectivity index (χ3v) is 7.31. The highest BCUT2D eigenvalue weighted by Gasteiger charge is 2.54.